The van der Waals surface area contributed by atoms with E-state index in [9.17, 15) is 4.79 Å². The van der Waals surface area contributed by atoms with E-state index in [0.29, 0.717) is 12.3 Å². The van der Waals surface area contributed by atoms with Crippen molar-refractivity contribution in [2.24, 2.45) is 5.73 Å². The minimum atomic E-state index is -0.445. The number of esters is 1. The third-order valence-corrected chi connectivity index (χ3v) is 1.42. The molecular formula is C8H11N3O2. The molecule has 13 heavy (non-hydrogen) atoms. The van der Waals surface area contributed by atoms with Gasteiger partial charge in [-0.25, -0.2) is 14.8 Å². The van der Waals surface area contributed by atoms with Gasteiger partial charge in [0, 0.05) is 6.54 Å². The summed E-state index contributed by atoms with van der Waals surface area (Å²) in [5.41, 5.74) is 6.22. The lowest BCUT2D eigenvalue weighted by atomic mass is 10.3. The molecule has 5 nitrogen and oxygen atoms in total. The number of hydrogen-bond donors (Lipinski definition) is 1. The monoisotopic (exact) mass is 181 g/mol. The highest BCUT2D eigenvalue weighted by atomic mass is 16.5. The van der Waals surface area contributed by atoms with Gasteiger partial charge in [0.05, 0.1) is 12.3 Å². The Morgan fingerprint density at radius 3 is 3.00 bits per heavy atom. The van der Waals surface area contributed by atoms with Crippen molar-refractivity contribution in [3.05, 3.63) is 23.8 Å². The Bertz CT molecular complexity index is 301. The highest BCUT2D eigenvalue weighted by molar-refractivity contribution is 5.87. The largest absolute Gasteiger partial charge is 0.461 e. The molecule has 0 unspecified atom stereocenters. The Hall–Kier alpha value is -1.49. The highest BCUT2D eigenvalue weighted by Crippen LogP contribution is 1.99. The Morgan fingerprint density at radius 2 is 2.38 bits per heavy atom. The molecule has 70 valence electrons. The molecule has 0 radical (unpaired) electrons. The maximum atomic E-state index is 11.2. The normalized spacial score (nSPS) is 9.69. The molecule has 1 rings (SSSR count). The SMILES string of the molecule is CCOC(=O)c1cc(CN)ncn1. The van der Waals surface area contributed by atoms with Crippen LogP contribution in [-0.2, 0) is 11.3 Å². The molecule has 0 aliphatic carbocycles. The molecule has 0 spiro atoms. The van der Waals surface area contributed by atoms with Crippen LogP contribution in [0.3, 0.4) is 0 Å². The van der Waals surface area contributed by atoms with Gasteiger partial charge in [-0.15, -0.1) is 0 Å². The molecule has 0 aromatic carbocycles. The Kier molecular flexibility index (Phi) is 3.33. The summed E-state index contributed by atoms with van der Waals surface area (Å²) in [7, 11) is 0. The van der Waals surface area contributed by atoms with Gasteiger partial charge in [-0.1, -0.05) is 0 Å². The molecule has 0 saturated heterocycles. The van der Waals surface area contributed by atoms with Crippen LogP contribution in [0.2, 0.25) is 0 Å². The van der Waals surface area contributed by atoms with E-state index in [1.54, 1.807) is 6.92 Å². The summed E-state index contributed by atoms with van der Waals surface area (Å²) in [6.07, 6.45) is 1.30. The second-order valence-corrected chi connectivity index (χ2v) is 2.32. The molecule has 0 aliphatic heterocycles. The molecule has 0 saturated carbocycles. The average Bonchev–Trinajstić information content (AvgIpc) is 2.18. The van der Waals surface area contributed by atoms with Gasteiger partial charge in [0.25, 0.3) is 0 Å². The van der Waals surface area contributed by atoms with Crippen LogP contribution < -0.4 is 5.73 Å². The standard InChI is InChI=1S/C8H11N3O2/c1-2-13-8(12)7-3-6(4-9)10-5-11-7/h3,5H,2,4,9H2,1H3. The van der Waals surface area contributed by atoms with Gasteiger partial charge in [-0.2, -0.15) is 0 Å². The van der Waals surface area contributed by atoms with Crippen molar-refractivity contribution in [3.8, 4) is 0 Å². The van der Waals surface area contributed by atoms with Crippen molar-refractivity contribution >= 4 is 5.97 Å². The predicted molar refractivity (Wildman–Crippen MR) is 45.9 cm³/mol. The molecule has 5 heteroatoms. The summed E-state index contributed by atoms with van der Waals surface area (Å²) in [6.45, 7) is 2.36. The molecule has 0 bridgehead atoms. The summed E-state index contributed by atoms with van der Waals surface area (Å²) in [5, 5.41) is 0. The van der Waals surface area contributed by atoms with E-state index in [0.717, 1.165) is 0 Å². The smallest absolute Gasteiger partial charge is 0.357 e. The van der Waals surface area contributed by atoms with Crippen molar-refractivity contribution < 1.29 is 9.53 Å². The fraction of sp³-hybridized carbons (Fsp3) is 0.375. The van der Waals surface area contributed by atoms with Crippen LogP contribution >= 0.6 is 0 Å². The fourth-order valence-electron chi connectivity index (χ4n) is 0.826. The molecule has 0 fully saturated rings. The van der Waals surface area contributed by atoms with Crippen LogP contribution in [0, 0.1) is 0 Å². The maximum absolute atomic E-state index is 11.2. The Morgan fingerprint density at radius 1 is 1.62 bits per heavy atom. The number of rotatable bonds is 3. The van der Waals surface area contributed by atoms with E-state index >= 15 is 0 Å². The van der Waals surface area contributed by atoms with Gasteiger partial charge in [0.15, 0.2) is 5.69 Å². The third kappa shape index (κ3) is 2.48. The van der Waals surface area contributed by atoms with Gasteiger partial charge in [-0.3, -0.25) is 0 Å². The topological polar surface area (TPSA) is 78.1 Å². The number of nitrogens with two attached hydrogens (primary N) is 1. The Balaban J connectivity index is 2.82. The van der Waals surface area contributed by atoms with Crippen molar-refractivity contribution in [1.82, 2.24) is 9.97 Å². The molecule has 1 heterocycles. The average molecular weight is 181 g/mol. The molecular weight excluding hydrogens is 170 g/mol. The zero-order valence-electron chi connectivity index (χ0n) is 7.36. The van der Waals surface area contributed by atoms with Gasteiger partial charge in [0.2, 0.25) is 0 Å². The second-order valence-electron chi connectivity index (χ2n) is 2.32. The lowest BCUT2D eigenvalue weighted by Crippen LogP contribution is -2.09. The minimum absolute atomic E-state index is 0.248. The van der Waals surface area contributed by atoms with Gasteiger partial charge < -0.3 is 10.5 Å². The molecule has 1 aromatic heterocycles. The van der Waals surface area contributed by atoms with Gasteiger partial charge >= 0.3 is 5.97 Å². The first-order valence-corrected chi connectivity index (χ1v) is 3.96. The summed E-state index contributed by atoms with van der Waals surface area (Å²) >= 11 is 0. The highest BCUT2D eigenvalue weighted by Gasteiger charge is 2.08. The first-order valence-electron chi connectivity index (χ1n) is 3.96. The molecule has 2 N–H and O–H groups in total. The quantitative estimate of drug-likeness (QED) is 0.669. The number of carbonyl (C=O) groups excluding carboxylic acids is 1. The second kappa shape index (κ2) is 4.51. The predicted octanol–water partition coefficient (Wildman–Crippen LogP) is 0.112. The van der Waals surface area contributed by atoms with E-state index in [4.69, 9.17) is 10.5 Å². The van der Waals surface area contributed by atoms with E-state index < -0.39 is 5.97 Å². The van der Waals surface area contributed by atoms with Crippen molar-refractivity contribution in [3.63, 3.8) is 0 Å². The van der Waals surface area contributed by atoms with E-state index in [-0.39, 0.29) is 12.2 Å². The van der Waals surface area contributed by atoms with Gasteiger partial charge in [-0.05, 0) is 13.0 Å². The number of carbonyl (C=O) groups is 1. The summed E-state index contributed by atoms with van der Waals surface area (Å²) in [6, 6.07) is 1.53. The Labute approximate surface area is 75.9 Å². The van der Waals surface area contributed by atoms with Crippen molar-refractivity contribution in [1.29, 1.82) is 0 Å². The fourth-order valence-corrected chi connectivity index (χ4v) is 0.826. The van der Waals surface area contributed by atoms with Crippen LogP contribution in [0.25, 0.3) is 0 Å². The molecule has 0 atom stereocenters. The molecule has 1 aromatic rings. The van der Waals surface area contributed by atoms with Crippen molar-refractivity contribution in [2.75, 3.05) is 6.61 Å². The summed E-state index contributed by atoms with van der Waals surface area (Å²) in [4.78, 5) is 18.8. The third-order valence-electron chi connectivity index (χ3n) is 1.42. The van der Waals surface area contributed by atoms with Crippen LogP contribution in [-0.4, -0.2) is 22.5 Å². The minimum Gasteiger partial charge on any atom is -0.461 e. The maximum Gasteiger partial charge on any atom is 0.357 e. The zero-order valence-corrected chi connectivity index (χ0v) is 7.36. The van der Waals surface area contributed by atoms with E-state index in [1.165, 1.54) is 12.4 Å². The zero-order chi connectivity index (χ0) is 9.68. The van der Waals surface area contributed by atoms with Crippen LogP contribution in [0.15, 0.2) is 12.4 Å². The van der Waals surface area contributed by atoms with Crippen LogP contribution in [0.5, 0.6) is 0 Å². The number of nitrogens with zero attached hydrogens (tertiary/aromatic N) is 2. The first kappa shape index (κ1) is 9.60. The van der Waals surface area contributed by atoms with Crippen LogP contribution in [0.4, 0.5) is 0 Å². The summed E-state index contributed by atoms with van der Waals surface area (Å²) in [5.74, 6) is -0.445. The number of hydrogen-bond acceptors (Lipinski definition) is 5. The summed E-state index contributed by atoms with van der Waals surface area (Å²) < 4.78 is 4.76. The molecule has 0 amide bonds. The van der Waals surface area contributed by atoms with E-state index in [2.05, 4.69) is 9.97 Å². The molecule has 0 aliphatic rings. The lowest BCUT2D eigenvalue weighted by molar-refractivity contribution is 0.0519. The van der Waals surface area contributed by atoms with Crippen molar-refractivity contribution in [2.45, 2.75) is 13.5 Å². The van der Waals surface area contributed by atoms with E-state index in [1.807, 2.05) is 0 Å². The van der Waals surface area contributed by atoms with Crippen LogP contribution in [0.1, 0.15) is 23.1 Å². The lowest BCUT2D eigenvalue weighted by Gasteiger charge is -2.01. The number of aromatic nitrogens is 2. The number of ether oxygens (including phenoxy) is 1. The van der Waals surface area contributed by atoms with Gasteiger partial charge in [0.1, 0.15) is 6.33 Å². The first-order chi connectivity index (χ1) is 6.27.